The number of nitrogens with zero attached hydrogens (tertiary/aromatic N) is 1. The first-order chi connectivity index (χ1) is 13.0. The molecule has 1 N–H and O–H groups in total. The summed E-state index contributed by atoms with van der Waals surface area (Å²) in [6.07, 6.45) is 4.93. The van der Waals surface area contributed by atoms with Gasteiger partial charge in [-0.1, -0.05) is 41.9 Å². The van der Waals surface area contributed by atoms with Gasteiger partial charge in [0.2, 0.25) is 0 Å². The Morgan fingerprint density at radius 1 is 1.00 bits per heavy atom. The molecule has 3 nitrogen and oxygen atoms in total. The summed E-state index contributed by atoms with van der Waals surface area (Å²) in [6, 6.07) is 14.4. The molecule has 0 spiro atoms. The molecule has 0 radical (unpaired) electrons. The summed E-state index contributed by atoms with van der Waals surface area (Å²) in [7, 11) is 0. The number of nitrogens with one attached hydrogen (secondary N) is 1. The second-order valence-electron chi connectivity index (χ2n) is 7.97. The van der Waals surface area contributed by atoms with Gasteiger partial charge in [-0.15, -0.1) is 0 Å². The minimum atomic E-state index is 0.0985. The monoisotopic (exact) mass is 385 g/mol. The number of carbonyl (C=O) groups excluding carboxylic acids is 1. The second-order valence-corrected chi connectivity index (χ2v) is 8.40. The maximum atomic E-state index is 13.0. The second kappa shape index (κ2) is 8.90. The summed E-state index contributed by atoms with van der Waals surface area (Å²) in [5.41, 5.74) is 4.24. The van der Waals surface area contributed by atoms with E-state index < -0.39 is 0 Å². The Morgan fingerprint density at radius 3 is 2.19 bits per heavy atom. The quantitative estimate of drug-likeness (QED) is 0.678. The number of likely N-dealkylation sites (tertiary alicyclic amines) is 1. The summed E-state index contributed by atoms with van der Waals surface area (Å²) >= 11 is 6.13. The highest BCUT2D eigenvalue weighted by atomic mass is 35.5. The van der Waals surface area contributed by atoms with Crippen LogP contribution in [0, 0.1) is 13.8 Å². The van der Waals surface area contributed by atoms with Crippen LogP contribution in [0.2, 0.25) is 5.02 Å². The fourth-order valence-corrected chi connectivity index (χ4v) is 4.62. The molecular formula is C23H30ClN2O+. The number of hydrogen-bond acceptors (Lipinski definition) is 1. The molecule has 2 aromatic rings. The van der Waals surface area contributed by atoms with Gasteiger partial charge in [-0.25, -0.2) is 0 Å². The van der Waals surface area contributed by atoms with Crippen molar-refractivity contribution in [1.29, 1.82) is 0 Å². The number of halogens is 1. The van der Waals surface area contributed by atoms with E-state index in [1.165, 1.54) is 31.2 Å². The average Bonchev–Trinajstić information content (AvgIpc) is 2.84. The van der Waals surface area contributed by atoms with Crippen LogP contribution >= 0.6 is 11.6 Å². The first kappa shape index (κ1) is 19.9. The van der Waals surface area contributed by atoms with Crippen LogP contribution in [0.1, 0.15) is 42.4 Å². The molecule has 0 atom stereocenters. The zero-order valence-electron chi connectivity index (χ0n) is 16.4. The van der Waals surface area contributed by atoms with Gasteiger partial charge in [0, 0.05) is 16.3 Å². The zero-order chi connectivity index (χ0) is 19.3. The van der Waals surface area contributed by atoms with E-state index in [1.807, 2.05) is 26.0 Å². The lowest BCUT2D eigenvalue weighted by Crippen LogP contribution is -2.52. The molecule has 1 amide bonds. The van der Waals surface area contributed by atoms with Crippen LogP contribution in [0.3, 0.4) is 0 Å². The number of anilines is 1. The van der Waals surface area contributed by atoms with Crippen molar-refractivity contribution in [3.05, 3.63) is 64.2 Å². The lowest BCUT2D eigenvalue weighted by atomic mass is 10.1. The van der Waals surface area contributed by atoms with Crippen molar-refractivity contribution in [2.45, 2.75) is 46.1 Å². The summed E-state index contributed by atoms with van der Waals surface area (Å²) in [5.74, 6) is 0.0985. The van der Waals surface area contributed by atoms with Crippen LogP contribution < -0.4 is 5.32 Å². The molecule has 0 bridgehead atoms. The number of amides is 1. The fraction of sp³-hybridized carbons (Fsp3) is 0.435. The molecule has 4 heteroatoms. The van der Waals surface area contributed by atoms with Crippen molar-refractivity contribution in [1.82, 2.24) is 0 Å². The molecule has 1 fully saturated rings. The molecular weight excluding hydrogens is 356 g/mol. The van der Waals surface area contributed by atoms with E-state index in [-0.39, 0.29) is 5.91 Å². The van der Waals surface area contributed by atoms with Gasteiger partial charge >= 0.3 is 0 Å². The van der Waals surface area contributed by atoms with Crippen molar-refractivity contribution >= 4 is 23.2 Å². The number of aryl methyl sites for hydroxylation is 2. The van der Waals surface area contributed by atoms with Crippen molar-refractivity contribution in [3.63, 3.8) is 0 Å². The van der Waals surface area contributed by atoms with Gasteiger partial charge in [0.05, 0.1) is 13.1 Å². The standard InChI is InChI=1S/C23H29ClN2O/c1-18-14-21(24)15-19(2)23(18)25-22(27)17-26(12-8-3-4-9-13-26)16-20-10-6-5-7-11-20/h5-7,10-11,14-15H,3-4,8-9,12-13,16-17H2,1-2H3/p+1. The molecule has 2 aromatic carbocycles. The Kier molecular flexibility index (Phi) is 6.56. The van der Waals surface area contributed by atoms with Crippen LogP contribution in [0.15, 0.2) is 42.5 Å². The van der Waals surface area contributed by atoms with Crippen molar-refractivity contribution < 1.29 is 9.28 Å². The van der Waals surface area contributed by atoms with E-state index in [4.69, 9.17) is 11.6 Å². The Balaban J connectivity index is 1.78. The third-order valence-corrected chi connectivity index (χ3v) is 5.83. The molecule has 0 saturated carbocycles. The number of carbonyl (C=O) groups is 1. The molecule has 27 heavy (non-hydrogen) atoms. The summed E-state index contributed by atoms with van der Waals surface area (Å²) in [6.45, 7) is 7.58. The molecule has 0 aromatic heterocycles. The maximum Gasteiger partial charge on any atom is 0.279 e. The molecule has 3 rings (SSSR count). The van der Waals surface area contributed by atoms with Gasteiger partial charge in [0.15, 0.2) is 6.54 Å². The van der Waals surface area contributed by atoms with Crippen molar-refractivity contribution in [2.75, 3.05) is 25.0 Å². The molecule has 0 aliphatic carbocycles. The van der Waals surface area contributed by atoms with Gasteiger partial charge in [-0.3, -0.25) is 4.79 Å². The van der Waals surface area contributed by atoms with Crippen LogP contribution in [-0.2, 0) is 11.3 Å². The Bertz CT molecular complexity index is 757. The normalized spacial score (nSPS) is 16.6. The summed E-state index contributed by atoms with van der Waals surface area (Å²) < 4.78 is 0.849. The van der Waals surface area contributed by atoms with E-state index in [0.29, 0.717) is 11.6 Å². The first-order valence-electron chi connectivity index (χ1n) is 9.93. The van der Waals surface area contributed by atoms with Gasteiger partial charge < -0.3 is 9.80 Å². The predicted molar refractivity (Wildman–Crippen MR) is 113 cm³/mol. The maximum absolute atomic E-state index is 13.0. The molecule has 144 valence electrons. The van der Waals surface area contributed by atoms with E-state index >= 15 is 0 Å². The fourth-order valence-electron chi connectivity index (χ4n) is 4.29. The van der Waals surface area contributed by atoms with Gasteiger partial charge in [-0.2, -0.15) is 0 Å². The Hall–Kier alpha value is -1.84. The molecule has 1 saturated heterocycles. The number of quaternary nitrogens is 1. The van der Waals surface area contributed by atoms with Crippen LogP contribution in [0.5, 0.6) is 0 Å². The van der Waals surface area contributed by atoms with E-state index in [2.05, 4.69) is 35.6 Å². The van der Waals surface area contributed by atoms with E-state index in [1.54, 1.807) is 0 Å². The minimum Gasteiger partial charge on any atom is -0.321 e. The predicted octanol–water partition coefficient (Wildman–Crippen LogP) is 5.49. The Morgan fingerprint density at radius 2 is 1.59 bits per heavy atom. The number of rotatable bonds is 5. The lowest BCUT2D eigenvalue weighted by Gasteiger charge is -2.37. The summed E-state index contributed by atoms with van der Waals surface area (Å²) in [5, 5.41) is 3.88. The average molecular weight is 386 g/mol. The van der Waals surface area contributed by atoms with Gasteiger partial charge in [-0.05, 0) is 62.8 Å². The highest BCUT2D eigenvalue weighted by Gasteiger charge is 2.32. The zero-order valence-corrected chi connectivity index (χ0v) is 17.2. The Labute approximate surface area is 167 Å². The highest BCUT2D eigenvalue weighted by molar-refractivity contribution is 6.30. The topological polar surface area (TPSA) is 29.1 Å². The molecule has 1 aliphatic heterocycles. The minimum absolute atomic E-state index is 0.0985. The van der Waals surface area contributed by atoms with Crippen LogP contribution in [0.25, 0.3) is 0 Å². The highest BCUT2D eigenvalue weighted by Crippen LogP contribution is 2.26. The van der Waals surface area contributed by atoms with E-state index in [9.17, 15) is 4.79 Å². The molecule has 0 unspecified atom stereocenters. The van der Waals surface area contributed by atoms with Crippen LogP contribution in [-0.4, -0.2) is 30.0 Å². The third kappa shape index (κ3) is 5.33. The van der Waals surface area contributed by atoms with Gasteiger partial charge in [0.1, 0.15) is 6.54 Å². The SMILES string of the molecule is Cc1cc(Cl)cc(C)c1NC(=O)C[N+]1(Cc2ccccc2)CCCCCC1. The first-order valence-corrected chi connectivity index (χ1v) is 10.3. The van der Waals surface area contributed by atoms with E-state index in [0.717, 1.165) is 40.9 Å². The number of benzene rings is 2. The van der Waals surface area contributed by atoms with Crippen molar-refractivity contribution in [2.24, 2.45) is 0 Å². The number of hydrogen-bond donors (Lipinski definition) is 1. The largest absolute Gasteiger partial charge is 0.321 e. The third-order valence-electron chi connectivity index (χ3n) is 5.62. The lowest BCUT2D eigenvalue weighted by molar-refractivity contribution is -0.932. The van der Waals surface area contributed by atoms with Crippen LogP contribution in [0.4, 0.5) is 5.69 Å². The van der Waals surface area contributed by atoms with Gasteiger partial charge in [0.25, 0.3) is 5.91 Å². The smallest absolute Gasteiger partial charge is 0.279 e. The van der Waals surface area contributed by atoms with Crippen molar-refractivity contribution in [3.8, 4) is 0 Å². The molecule has 1 heterocycles. The summed E-state index contributed by atoms with van der Waals surface area (Å²) in [4.78, 5) is 13.0. The molecule has 1 aliphatic rings.